The van der Waals surface area contributed by atoms with E-state index in [-0.39, 0.29) is 0 Å². The molecule has 2 rings (SSSR count). The van der Waals surface area contributed by atoms with Gasteiger partial charge in [0.2, 0.25) is 0 Å². The summed E-state index contributed by atoms with van der Waals surface area (Å²) in [6, 6.07) is 8.35. The number of hydrogen-bond acceptors (Lipinski definition) is 2. The van der Waals surface area contributed by atoms with Gasteiger partial charge in [0.05, 0.1) is 11.4 Å². The summed E-state index contributed by atoms with van der Waals surface area (Å²) >= 11 is 0. The van der Waals surface area contributed by atoms with Gasteiger partial charge in [-0.15, -0.1) is 0 Å². The Bertz CT molecular complexity index is 616. The van der Waals surface area contributed by atoms with E-state index >= 15 is 0 Å². The van der Waals surface area contributed by atoms with Gasteiger partial charge in [-0.25, -0.2) is 0 Å². The minimum absolute atomic E-state index is 0.801. The van der Waals surface area contributed by atoms with Gasteiger partial charge >= 0.3 is 0 Å². The lowest BCUT2D eigenvalue weighted by atomic mass is 9.94. The van der Waals surface area contributed by atoms with Gasteiger partial charge in [-0.2, -0.15) is 0 Å². The molecule has 0 radical (unpaired) electrons. The maximum atomic E-state index is 6.03. The summed E-state index contributed by atoms with van der Waals surface area (Å²) in [5.74, 6) is 0. The predicted octanol–water partition coefficient (Wildman–Crippen LogP) is 4.42. The Hall–Kier alpha value is -1.96. The monoisotopic (exact) mass is 268 g/mol. The first kappa shape index (κ1) is 14.4. The van der Waals surface area contributed by atoms with Crippen molar-refractivity contribution < 1.29 is 0 Å². The van der Waals surface area contributed by atoms with Crippen LogP contribution in [-0.2, 0) is 6.54 Å². The Morgan fingerprint density at radius 1 is 0.900 bits per heavy atom. The molecule has 20 heavy (non-hydrogen) atoms. The molecule has 106 valence electrons. The van der Waals surface area contributed by atoms with Crippen LogP contribution in [0.25, 0.3) is 0 Å². The zero-order valence-electron chi connectivity index (χ0n) is 13.1. The van der Waals surface area contributed by atoms with Crippen molar-refractivity contribution in [2.75, 3.05) is 11.1 Å². The lowest BCUT2D eigenvalue weighted by Crippen LogP contribution is -2.07. The number of rotatable bonds is 3. The second-order valence-corrected chi connectivity index (χ2v) is 5.68. The van der Waals surface area contributed by atoms with Crippen molar-refractivity contribution in [1.82, 2.24) is 0 Å². The fourth-order valence-electron chi connectivity index (χ4n) is 2.57. The zero-order chi connectivity index (χ0) is 14.9. The summed E-state index contributed by atoms with van der Waals surface area (Å²) in [5, 5.41) is 3.48. The topological polar surface area (TPSA) is 38.0 Å². The smallest absolute Gasteiger partial charge is 0.0579 e. The molecule has 0 fully saturated rings. The average molecular weight is 268 g/mol. The SMILES string of the molecule is Cc1ccc(N)c(NCc2c(C)c(C)cc(C)c2C)c1. The predicted molar refractivity (Wildman–Crippen MR) is 88.3 cm³/mol. The molecule has 0 heterocycles. The van der Waals surface area contributed by atoms with E-state index in [0.717, 1.165) is 17.9 Å². The molecule has 0 saturated carbocycles. The second kappa shape index (κ2) is 5.58. The number of aryl methyl sites for hydroxylation is 3. The van der Waals surface area contributed by atoms with Gasteiger partial charge in [-0.1, -0.05) is 12.1 Å². The van der Waals surface area contributed by atoms with E-state index in [9.17, 15) is 0 Å². The summed E-state index contributed by atoms with van der Waals surface area (Å²) in [6.45, 7) is 11.6. The third kappa shape index (κ3) is 2.79. The summed E-state index contributed by atoms with van der Waals surface area (Å²) in [7, 11) is 0. The molecule has 0 atom stereocenters. The van der Waals surface area contributed by atoms with Crippen LogP contribution in [0.5, 0.6) is 0 Å². The van der Waals surface area contributed by atoms with Crippen molar-refractivity contribution in [2.24, 2.45) is 0 Å². The Morgan fingerprint density at radius 3 is 2.10 bits per heavy atom. The molecule has 3 N–H and O–H groups in total. The van der Waals surface area contributed by atoms with E-state index in [1.54, 1.807) is 0 Å². The average Bonchev–Trinajstić information content (AvgIpc) is 2.40. The maximum absolute atomic E-state index is 6.03. The molecule has 0 aromatic heterocycles. The van der Waals surface area contributed by atoms with E-state index in [0.29, 0.717) is 0 Å². The minimum atomic E-state index is 0.801. The highest BCUT2D eigenvalue weighted by atomic mass is 14.9. The van der Waals surface area contributed by atoms with Gasteiger partial charge in [-0.05, 0) is 80.1 Å². The van der Waals surface area contributed by atoms with E-state index in [1.165, 1.54) is 33.4 Å². The standard InChI is InChI=1S/C18H24N2/c1-11-6-7-17(19)18(8-11)20-10-16-14(4)12(2)9-13(3)15(16)5/h6-9,20H,10,19H2,1-5H3. The fourth-order valence-corrected chi connectivity index (χ4v) is 2.57. The normalized spacial score (nSPS) is 10.7. The van der Waals surface area contributed by atoms with Gasteiger partial charge < -0.3 is 11.1 Å². The molecule has 2 aromatic carbocycles. The number of hydrogen-bond donors (Lipinski definition) is 2. The molecule has 0 aliphatic carbocycles. The van der Waals surface area contributed by atoms with Crippen molar-refractivity contribution >= 4 is 11.4 Å². The Balaban J connectivity index is 2.30. The molecule has 0 aliphatic heterocycles. The summed E-state index contributed by atoms with van der Waals surface area (Å²) in [4.78, 5) is 0. The van der Waals surface area contributed by atoms with Gasteiger partial charge in [0.1, 0.15) is 0 Å². The highest BCUT2D eigenvalue weighted by Gasteiger charge is 2.09. The molecule has 2 heteroatoms. The Labute approximate surface area is 122 Å². The van der Waals surface area contributed by atoms with Crippen molar-refractivity contribution in [3.8, 4) is 0 Å². The van der Waals surface area contributed by atoms with Crippen LogP contribution in [0.4, 0.5) is 11.4 Å². The van der Waals surface area contributed by atoms with E-state index < -0.39 is 0 Å². The quantitative estimate of drug-likeness (QED) is 0.808. The van der Waals surface area contributed by atoms with Gasteiger partial charge in [0, 0.05) is 6.54 Å². The van der Waals surface area contributed by atoms with Crippen LogP contribution in [0.1, 0.15) is 33.4 Å². The van der Waals surface area contributed by atoms with Crippen LogP contribution in [0.15, 0.2) is 24.3 Å². The third-order valence-corrected chi connectivity index (χ3v) is 4.19. The molecular weight excluding hydrogens is 244 g/mol. The summed E-state index contributed by atoms with van der Waals surface area (Å²) < 4.78 is 0. The minimum Gasteiger partial charge on any atom is -0.397 e. The number of nitrogens with two attached hydrogens (primary N) is 1. The lowest BCUT2D eigenvalue weighted by molar-refractivity contribution is 1.06. The maximum Gasteiger partial charge on any atom is 0.0579 e. The van der Waals surface area contributed by atoms with Gasteiger partial charge in [-0.3, -0.25) is 0 Å². The number of anilines is 2. The van der Waals surface area contributed by atoms with E-state index in [2.05, 4.69) is 52.1 Å². The fraction of sp³-hybridized carbons (Fsp3) is 0.333. The molecule has 2 aromatic rings. The summed E-state index contributed by atoms with van der Waals surface area (Å²) in [6.07, 6.45) is 0. The molecule has 2 nitrogen and oxygen atoms in total. The van der Waals surface area contributed by atoms with Crippen LogP contribution in [0.3, 0.4) is 0 Å². The van der Waals surface area contributed by atoms with Crippen molar-refractivity contribution in [2.45, 2.75) is 41.2 Å². The van der Waals surface area contributed by atoms with E-state index in [1.807, 2.05) is 12.1 Å². The highest BCUT2D eigenvalue weighted by molar-refractivity contribution is 5.67. The largest absolute Gasteiger partial charge is 0.397 e. The number of nitrogens with one attached hydrogen (secondary N) is 1. The Morgan fingerprint density at radius 2 is 1.50 bits per heavy atom. The molecule has 0 spiro atoms. The molecular formula is C18H24N2. The first-order chi connectivity index (χ1) is 9.40. The zero-order valence-corrected chi connectivity index (χ0v) is 13.1. The van der Waals surface area contributed by atoms with Crippen LogP contribution in [0.2, 0.25) is 0 Å². The van der Waals surface area contributed by atoms with Crippen molar-refractivity contribution in [3.63, 3.8) is 0 Å². The van der Waals surface area contributed by atoms with Crippen molar-refractivity contribution in [1.29, 1.82) is 0 Å². The lowest BCUT2D eigenvalue weighted by Gasteiger charge is -2.17. The van der Waals surface area contributed by atoms with Crippen LogP contribution >= 0.6 is 0 Å². The van der Waals surface area contributed by atoms with Gasteiger partial charge in [0.25, 0.3) is 0 Å². The van der Waals surface area contributed by atoms with Crippen molar-refractivity contribution in [3.05, 3.63) is 57.6 Å². The molecule has 0 bridgehead atoms. The first-order valence-electron chi connectivity index (χ1n) is 7.06. The molecule has 0 unspecified atom stereocenters. The van der Waals surface area contributed by atoms with E-state index in [4.69, 9.17) is 5.73 Å². The highest BCUT2D eigenvalue weighted by Crippen LogP contribution is 2.25. The molecule has 0 aliphatic rings. The first-order valence-corrected chi connectivity index (χ1v) is 7.06. The van der Waals surface area contributed by atoms with Crippen LogP contribution in [0, 0.1) is 34.6 Å². The molecule has 0 saturated heterocycles. The van der Waals surface area contributed by atoms with Gasteiger partial charge in [0.15, 0.2) is 0 Å². The molecule has 0 amide bonds. The number of benzene rings is 2. The third-order valence-electron chi connectivity index (χ3n) is 4.19. The summed E-state index contributed by atoms with van der Waals surface area (Å²) in [5.41, 5.74) is 15.9. The van der Waals surface area contributed by atoms with Crippen LogP contribution < -0.4 is 11.1 Å². The Kier molecular flexibility index (Phi) is 4.03. The number of nitrogen functional groups attached to an aromatic ring is 1. The second-order valence-electron chi connectivity index (χ2n) is 5.68. The van der Waals surface area contributed by atoms with Crippen LogP contribution in [-0.4, -0.2) is 0 Å².